The molecule has 1 aromatic heterocycles. The van der Waals surface area contributed by atoms with Gasteiger partial charge in [-0.1, -0.05) is 36.4 Å². The smallest absolute Gasteiger partial charge is 0.306 e. The highest BCUT2D eigenvalue weighted by Crippen LogP contribution is 2.35. The Kier molecular flexibility index (Phi) is 5.67. The molecule has 0 radical (unpaired) electrons. The molecule has 22 heavy (non-hydrogen) atoms. The van der Waals surface area contributed by atoms with Crippen LogP contribution in [0.4, 0.5) is 0 Å². The van der Waals surface area contributed by atoms with Crippen molar-refractivity contribution in [3.63, 3.8) is 0 Å². The van der Waals surface area contributed by atoms with Crippen molar-refractivity contribution in [2.75, 3.05) is 6.61 Å². The quantitative estimate of drug-likeness (QED) is 0.766. The van der Waals surface area contributed by atoms with Crippen molar-refractivity contribution >= 4 is 5.97 Å². The Balaban J connectivity index is 2.34. The third-order valence-corrected chi connectivity index (χ3v) is 3.50. The summed E-state index contributed by atoms with van der Waals surface area (Å²) in [6.07, 6.45) is 3.51. The zero-order valence-electron chi connectivity index (χ0n) is 12.5. The Morgan fingerprint density at radius 2 is 1.95 bits per heavy atom. The number of nitriles is 1. The standard InChI is InChI=1S/C18H18N2O2/c1-2-22-18(21)11-16(14-7-4-3-5-8-14)17(12-19)15-9-6-10-20-13-15/h3-10,13,16-17H,2,11H2,1H3. The minimum atomic E-state index is -0.444. The molecule has 0 amide bonds. The maximum absolute atomic E-state index is 11.9. The minimum absolute atomic E-state index is 0.172. The van der Waals surface area contributed by atoms with E-state index in [0.717, 1.165) is 11.1 Å². The molecule has 0 fully saturated rings. The lowest BCUT2D eigenvalue weighted by molar-refractivity contribution is -0.143. The van der Waals surface area contributed by atoms with Gasteiger partial charge in [-0.2, -0.15) is 5.26 Å². The number of carbonyl (C=O) groups is 1. The molecule has 2 atom stereocenters. The summed E-state index contributed by atoms with van der Waals surface area (Å²) >= 11 is 0. The average molecular weight is 294 g/mol. The predicted molar refractivity (Wildman–Crippen MR) is 83.0 cm³/mol. The lowest BCUT2D eigenvalue weighted by Crippen LogP contribution is -2.16. The van der Waals surface area contributed by atoms with Gasteiger partial charge in [0, 0.05) is 18.3 Å². The summed E-state index contributed by atoms with van der Waals surface area (Å²) in [5.41, 5.74) is 1.76. The molecule has 2 rings (SSSR count). The third-order valence-electron chi connectivity index (χ3n) is 3.50. The molecule has 1 heterocycles. The summed E-state index contributed by atoms with van der Waals surface area (Å²) in [6.45, 7) is 2.11. The molecule has 0 saturated heterocycles. The maximum atomic E-state index is 11.9. The molecule has 2 unspecified atom stereocenters. The van der Waals surface area contributed by atoms with Gasteiger partial charge in [0.1, 0.15) is 0 Å². The topological polar surface area (TPSA) is 63.0 Å². The molecular weight excluding hydrogens is 276 g/mol. The fourth-order valence-corrected chi connectivity index (χ4v) is 2.48. The SMILES string of the molecule is CCOC(=O)CC(c1ccccc1)C(C#N)c1cccnc1. The van der Waals surface area contributed by atoms with E-state index < -0.39 is 5.92 Å². The molecule has 4 heteroatoms. The number of nitrogens with zero attached hydrogens (tertiary/aromatic N) is 2. The maximum Gasteiger partial charge on any atom is 0.306 e. The number of carbonyl (C=O) groups excluding carboxylic acids is 1. The second-order valence-corrected chi connectivity index (χ2v) is 4.92. The van der Waals surface area contributed by atoms with Crippen molar-refractivity contribution in [3.8, 4) is 6.07 Å². The monoisotopic (exact) mass is 294 g/mol. The van der Waals surface area contributed by atoms with Crippen LogP contribution in [0.25, 0.3) is 0 Å². The van der Waals surface area contributed by atoms with Crippen LogP contribution in [0.5, 0.6) is 0 Å². The first-order valence-corrected chi connectivity index (χ1v) is 7.26. The van der Waals surface area contributed by atoms with Crippen LogP contribution >= 0.6 is 0 Å². The minimum Gasteiger partial charge on any atom is -0.466 e. The Labute approximate surface area is 130 Å². The van der Waals surface area contributed by atoms with E-state index in [1.54, 1.807) is 25.4 Å². The highest BCUT2D eigenvalue weighted by Gasteiger charge is 2.27. The van der Waals surface area contributed by atoms with E-state index in [2.05, 4.69) is 11.1 Å². The first kappa shape index (κ1) is 15.7. The van der Waals surface area contributed by atoms with Gasteiger partial charge in [0.05, 0.1) is 25.0 Å². The Hall–Kier alpha value is -2.67. The largest absolute Gasteiger partial charge is 0.466 e. The van der Waals surface area contributed by atoms with Crippen LogP contribution < -0.4 is 0 Å². The highest BCUT2D eigenvalue weighted by atomic mass is 16.5. The molecule has 112 valence electrons. The summed E-state index contributed by atoms with van der Waals surface area (Å²) in [4.78, 5) is 16.0. The zero-order chi connectivity index (χ0) is 15.8. The van der Waals surface area contributed by atoms with Crippen molar-refractivity contribution in [3.05, 3.63) is 66.0 Å². The second-order valence-electron chi connectivity index (χ2n) is 4.92. The second kappa shape index (κ2) is 7.94. The Bertz CT molecular complexity index is 635. The lowest BCUT2D eigenvalue weighted by atomic mass is 9.81. The van der Waals surface area contributed by atoms with E-state index in [1.807, 2.05) is 36.4 Å². The normalized spacial score (nSPS) is 12.9. The zero-order valence-corrected chi connectivity index (χ0v) is 12.5. The molecule has 2 aromatic rings. The fourth-order valence-electron chi connectivity index (χ4n) is 2.48. The summed E-state index contributed by atoms with van der Waals surface area (Å²) in [7, 11) is 0. The van der Waals surface area contributed by atoms with Crippen LogP contribution in [-0.2, 0) is 9.53 Å². The number of aromatic nitrogens is 1. The predicted octanol–water partition coefficient (Wildman–Crippen LogP) is 3.43. The molecule has 0 aliphatic rings. The first-order chi connectivity index (χ1) is 10.8. The van der Waals surface area contributed by atoms with E-state index in [9.17, 15) is 10.1 Å². The van der Waals surface area contributed by atoms with Crippen molar-refractivity contribution < 1.29 is 9.53 Å². The molecule has 1 aromatic carbocycles. The van der Waals surface area contributed by atoms with Crippen molar-refractivity contribution in [2.24, 2.45) is 0 Å². The molecule has 0 spiro atoms. The average Bonchev–Trinajstić information content (AvgIpc) is 2.57. The van der Waals surface area contributed by atoms with Crippen LogP contribution in [0.15, 0.2) is 54.9 Å². The van der Waals surface area contributed by atoms with Crippen LogP contribution in [0.2, 0.25) is 0 Å². The van der Waals surface area contributed by atoms with Crippen LogP contribution in [-0.4, -0.2) is 17.6 Å². The Morgan fingerprint density at radius 1 is 1.23 bits per heavy atom. The van der Waals surface area contributed by atoms with E-state index in [0.29, 0.717) is 6.61 Å². The van der Waals surface area contributed by atoms with Crippen molar-refractivity contribution in [2.45, 2.75) is 25.2 Å². The lowest BCUT2D eigenvalue weighted by Gasteiger charge is -2.22. The first-order valence-electron chi connectivity index (χ1n) is 7.26. The van der Waals surface area contributed by atoms with Crippen molar-refractivity contribution in [1.82, 2.24) is 4.98 Å². The molecule has 0 saturated carbocycles. The number of hydrogen-bond acceptors (Lipinski definition) is 4. The van der Waals surface area contributed by atoms with Gasteiger partial charge in [-0.25, -0.2) is 0 Å². The van der Waals surface area contributed by atoms with Gasteiger partial charge < -0.3 is 4.74 Å². The van der Waals surface area contributed by atoms with Gasteiger partial charge in [0.2, 0.25) is 0 Å². The summed E-state index contributed by atoms with van der Waals surface area (Å²) in [6, 6.07) is 15.6. The molecule has 0 bridgehead atoms. The van der Waals surface area contributed by atoms with Gasteiger partial charge >= 0.3 is 5.97 Å². The van der Waals surface area contributed by atoms with E-state index in [1.165, 1.54) is 0 Å². The van der Waals surface area contributed by atoms with Crippen LogP contribution in [0.1, 0.15) is 36.3 Å². The highest BCUT2D eigenvalue weighted by molar-refractivity contribution is 5.71. The molecule has 0 aliphatic heterocycles. The van der Waals surface area contributed by atoms with Crippen LogP contribution in [0, 0.1) is 11.3 Å². The fraction of sp³-hybridized carbons (Fsp3) is 0.278. The van der Waals surface area contributed by atoms with E-state index >= 15 is 0 Å². The molecule has 4 nitrogen and oxygen atoms in total. The number of esters is 1. The van der Waals surface area contributed by atoms with E-state index in [4.69, 9.17) is 4.74 Å². The summed E-state index contributed by atoms with van der Waals surface area (Å²) in [5, 5.41) is 9.62. The van der Waals surface area contributed by atoms with Gasteiger partial charge in [-0.3, -0.25) is 9.78 Å². The summed E-state index contributed by atoms with van der Waals surface area (Å²) < 4.78 is 5.06. The molecular formula is C18H18N2O2. The van der Waals surface area contributed by atoms with Crippen LogP contribution in [0.3, 0.4) is 0 Å². The van der Waals surface area contributed by atoms with Crippen molar-refractivity contribution in [1.29, 1.82) is 5.26 Å². The van der Waals surface area contributed by atoms with Gasteiger partial charge in [-0.15, -0.1) is 0 Å². The van der Waals surface area contributed by atoms with Gasteiger partial charge in [-0.05, 0) is 24.1 Å². The Morgan fingerprint density at radius 3 is 2.55 bits per heavy atom. The third kappa shape index (κ3) is 3.92. The number of benzene rings is 1. The number of hydrogen-bond donors (Lipinski definition) is 0. The van der Waals surface area contributed by atoms with Gasteiger partial charge in [0.25, 0.3) is 0 Å². The summed E-state index contributed by atoms with van der Waals surface area (Å²) in [5.74, 6) is -0.990. The van der Waals surface area contributed by atoms with E-state index in [-0.39, 0.29) is 18.3 Å². The number of ether oxygens (including phenoxy) is 1. The molecule has 0 aliphatic carbocycles. The van der Waals surface area contributed by atoms with Gasteiger partial charge in [0.15, 0.2) is 0 Å². The number of pyridine rings is 1. The molecule has 0 N–H and O–H groups in total. The number of rotatable bonds is 6.